The van der Waals surface area contributed by atoms with Gasteiger partial charge in [0.2, 0.25) is 5.91 Å². The third-order valence-electron chi connectivity index (χ3n) is 5.98. The summed E-state index contributed by atoms with van der Waals surface area (Å²) in [6.45, 7) is 1.57. The molecule has 0 unspecified atom stereocenters. The molecule has 1 aliphatic heterocycles. The molecule has 1 aliphatic rings. The second-order valence-corrected chi connectivity index (χ2v) is 8.20. The van der Waals surface area contributed by atoms with Crippen molar-refractivity contribution in [3.8, 4) is 11.3 Å². The summed E-state index contributed by atoms with van der Waals surface area (Å²) in [4.78, 5) is 24.1. The van der Waals surface area contributed by atoms with Crippen LogP contribution in [0, 0.1) is 0 Å². The van der Waals surface area contributed by atoms with Crippen LogP contribution in [0.2, 0.25) is 0 Å². The van der Waals surface area contributed by atoms with E-state index in [1.165, 1.54) is 5.56 Å². The number of carbonyl (C=O) groups excluding carboxylic acids is 1. The van der Waals surface area contributed by atoms with E-state index in [-0.39, 0.29) is 18.4 Å². The monoisotopic (exact) mass is 415 g/mol. The fourth-order valence-electron chi connectivity index (χ4n) is 4.19. The van der Waals surface area contributed by atoms with Crippen molar-refractivity contribution in [2.75, 3.05) is 13.1 Å². The maximum absolute atomic E-state index is 12.8. The molecule has 31 heavy (non-hydrogen) atoms. The predicted octanol–water partition coefficient (Wildman–Crippen LogP) is 4.36. The molecule has 1 saturated heterocycles. The van der Waals surface area contributed by atoms with E-state index < -0.39 is 0 Å². The van der Waals surface area contributed by atoms with E-state index in [0.717, 1.165) is 54.7 Å². The van der Waals surface area contributed by atoms with Gasteiger partial charge in [-0.05, 0) is 36.8 Å². The van der Waals surface area contributed by atoms with Crippen LogP contribution >= 0.6 is 0 Å². The summed E-state index contributed by atoms with van der Waals surface area (Å²) in [7, 11) is 0. The van der Waals surface area contributed by atoms with Gasteiger partial charge in [0.15, 0.2) is 0 Å². The quantitative estimate of drug-likeness (QED) is 0.622. The van der Waals surface area contributed by atoms with Gasteiger partial charge in [-0.25, -0.2) is 4.98 Å². The van der Waals surface area contributed by atoms with E-state index in [4.69, 9.17) is 4.98 Å². The van der Waals surface area contributed by atoms with Crippen LogP contribution in [0.1, 0.15) is 48.4 Å². The average Bonchev–Trinajstić information content (AvgIpc) is 2.85. The highest BCUT2D eigenvalue weighted by molar-refractivity contribution is 5.76. The van der Waals surface area contributed by atoms with Gasteiger partial charge in [-0.15, -0.1) is 0 Å². The van der Waals surface area contributed by atoms with Gasteiger partial charge in [0.1, 0.15) is 0 Å². The molecule has 1 N–H and O–H groups in total. The summed E-state index contributed by atoms with van der Waals surface area (Å²) >= 11 is 0. The Bertz CT molecular complexity index is 989. The molecule has 0 saturated carbocycles. The smallest absolute Gasteiger partial charge is 0.222 e. The Kier molecular flexibility index (Phi) is 7.05. The molecular formula is C26H29N3O2. The Morgan fingerprint density at radius 2 is 1.84 bits per heavy atom. The van der Waals surface area contributed by atoms with Crippen molar-refractivity contribution in [1.29, 1.82) is 0 Å². The number of aliphatic hydroxyl groups is 1. The predicted molar refractivity (Wildman–Crippen MR) is 121 cm³/mol. The SMILES string of the molecule is O=C(CCCc1ccccc1)N1CCC[C@@H](c2cncc(-c3ccc(CO)cc3)n2)C1. The number of rotatable bonds is 7. The van der Waals surface area contributed by atoms with E-state index in [1.807, 2.05) is 53.6 Å². The number of hydrogen-bond acceptors (Lipinski definition) is 4. The first-order valence-electron chi connectivity index (χ1n) is 11.1. The summed E-state index contributed by atoms with van der Waals surface area (Å²) in [5, 5.41) is 9.23. The van der Waals surface area contributed by atoms with E-state index in [9.17, 15) is 9.90 Å². The van der Waals surface area contributed by atoms with Gasteiger partial charge in [0.05, 0.1) is 24.2 Å². The molecule has 0 spiro atoms. The lowest BCUT2D eigenvalue weighted by Crippen LogP contribution is -2.39. The Morgan fingerprint density at radius 3 is 2.61 bits per heavy atom. The standard InChI is InChI=1S/C26H29N3O2/c30-19-21-11-13-22(14-12-21)24-16-27-17-25(28-24)23-9-5-15-29(18-23)26(31)10-4-8-20-6-2-1-3-7-20/h1-3,6-7,11-14,16-17,23,30H,4-5,8-10,15,18-19H2/t23-/m1/s1. The third kappa shape index (κ3) is 5.56. The molecule has 1 amide bonds. The summed E-state index contributed by atoms with van der Waals surface area (Å²) in [5.41, 5.74) is 4.92. The van der Waals surface area contributed by atoms with Gasteiger partial charge in [-0.2, -0.15) is 0 Å². The van der Waals surface area contributed by atoms with Gasteiger partial charge in [-0.3, -0.25) is 9.78 Å². The van der Waals surface area contributed by atoms with Crippen molar-refractivity contribution >= 4 is 5.91 Å². The zero-order valence-electron chi connectivity index (χ0n) is 17.8. The molecule has 2 aromatic carbocycles. The van der Waals surface area contributed by atoms with Crippen molar-refractivity contribution in [3.05, 3.63) is 83.8 Å². The zero-order valence-corrected chi connectivity index (χ0v) is 17.8. The lowest BCUT2D eigenvalue weighted by Gasteiger charge is -2.32. The zero-order chi connectivity index (χ0) is 21.5. The molecule has 160 valence electrons. The normalized spacial score (nSPS) is 16.3. The first-order chi connectivity index (χ1) is 15.2. The Balaban J connectivity index is 1.37. The fourth-order valence-corrected chi connectivity index (χ4v) is 4.19. The molecule has 1 atom stereocenters. The van der Waals surface area contributed by atoms with Gasteiger partial charge < -0.3 is 10.0 Å². The molecule has 2 heterocycles. The number of aryl methyl sites for hydroxylation is 1. The number of piperidine rings is 1. The number of aromatic nitrogens is 2. The van der Waals surface area contributed by atoms with Crippen LogP contribution in [0.15, 0.2) is 67.0 Å². The van der Waals surface area contributed by atoms with Gasteiger partial charge in [0, 0.05) is 37.2 Å². The van der Waals surface area contributed by atoms with Crippen molar-refractivity contribution in [2.24, 2.45) is 0 Å². The first-order valence-corrected chi connectivity index (χ1v) is 11.1. The molecule has 5 nitrogen and oxygen atoms in total. The molecule has 1 aromatic heterocycles. The molecule has 0 aliphatic carbocycles. The van der Waals surface area contributed by atoms with E-state index in [0.29, 0.717) is 13.0 Å². The summed E-state index contributed by atoms with van der Waals surface area (Å²) in [6.07, 6.45) is 8.02. The van der Waals surface area contributed by atoms with Crippen molar-refractivity contribution in [3.63, 3.8) is 0 Å². The number of nitrogens with zero attached hydrogens (tertiary/aromatic N) is 3. The Hall–Kier alpha value is -3.05. The number of benzene rings is 2. The van der Waals surface area contributed by atoms with E-state index in [1.54, 1.807) is 6.20 Å². The van der Waals surface area contributed by atoms with Crippen molar-refractivity contribution in [2.45, 2.75) is 44.6 Å². The van der Waals surface area contributed by atoms with Crippen LogP contribution in [-0.4, -0.2) is 39.0 Å². The molecule has 0 bridgehead atoms. The Morgan fingerprint density at radius 1 is 1.03 bits per heavy atom. The second-order valence-electron chi connectivity index (χ2n) is 8.20. The lowest BCUT2D eigenvalue weighted by molar-refractivity contribution is -0.132. The highest BCUT2D eigenvalue weighted by Gasteiger charge is 2.25. The minimum absolute atomic E-state index is 0.0310. The molecule has 5 heteroatoms. The highest BCUT2D eigenvalue weighted by Crippen LogP contribution is 2.27. The Labute approximate surface area is 183 Å². The maximum atomic E-state index is 12.8. The second kappa shape index (κ2) is 10.3. The van der Waals surface area contributed by atoms with Gasteiger partial charge in [-0.1, -0.05) is 54.6 Å². The number of hydrogen-bond donors (Lipinski definition) is 1. The fraction of sp³-hybridized carbons (Fsp3) is 0.346. The molecule has 3 aromatic rings. The number of amides is 1. The summed E-state index contributed by atoms with van der Waals surface area (Å²) in [5.74, 6) is 0.459. The molecule has 1 fully saturated rings. The van der Waals surface area contributed by atoms with Crippen molar-refractivity contribution in [1.82, 2.24) is 14.9 Å². The largest absolute Gasteiger partial charge is 0.392 e. The van der Waals surface area contributed by atoms with Crippen LogP contribution in [-0.2, 0) is 17.8 Å². The van der Waals surface area contributed by atoms with Crippen LogP contribution in [0.5, 0.6) is 0 Å². The number of carbonyl (C=O) groups is 1. The average molecular weight is 416 g/mol. The molecular weight excluding hydrogens is 386 g/mol. The third-order valence-corrected chi connectivity index (χ3v) is 5.98. The van der Waals surface area contributed by atoms with Gasteiger partial charge >= 0.3 is 0 Å². The van der Waals surface area contributed by atoms with Crippen LogP contribution < -0.4 is 0 Å². The first kappa shape index (κ1) is 21.2. The van der Waals surface area contributed by atoms with Crippen LogP contribution in [0.4, 0.5) is 0 Å². The van der Waals surface area contributed by atoms with E-state index >= 15 is 0 Å². The summed E-state index contributed by atoms with van der Waals surface area (Å²) in [6, 6.07) is 18.1. The van der Waals surface area contributed by atoms with E-state index in [2.05, 4.69) is 17.1 Å². The maximum Gasteiger partial charge on any atom is 0.222 e. The minimum atomic E-state index is 0.0310. The lowest BCUT2D eigenvalue weighted by atomic mass is 9.94. The van der Waals surface area contributed by atoms with Crippen LogP contribution in [0.3, 0.4) is 0 Å². The van der Waals surface area contributed by atoms with Gasteiger partial charge in [0.25, 0.3) is 0 Å². The number of likely N-dealkylation sites (tertiary alicyclic amines) is 1. The van der Waals surface area contributed by atoms with Crippen molar-refractivity contribution < 1.29 is 9.90 Å². The van der Waals surface area contributed by atoms with Crippen LogP contribution in [0.25, 0.3) is 11.3 Å². The topological polar surface area (TPSA) is 66.3 Å². The highest BCUT2D eigenvalue weighted by atomic mass is 16.3. The summed E-state index contributed by atoms with van der Waals surface area (Å²) < 4.78 is 0. The minimum Gasteiger partial charge on any atom is -0.392 e. The molecule has 4 rings (SSSR count). The molecule has 0 radical (unpaired) electrons. The number of aliphatic hydroxyl groups excluding tert-OH is 1.